The van der Waals surface area contributed by atoms with Crippen molar-refractivity contribution >= 4 is 28.6 Å². The van der Waals surface area contributed by atoms with Crippen molar-refractivity contribution in [2.24, 2.45) is 0 Å². The zero-order valence-corrected chi connectivity index (χ0v) is 16.9. The van der Waals surface area contributed by atoms with Gasteiger partial charge in [0.25, 0.3) is 5.91 Å². The van der Waals surface area contributed by atoms with E-state index in [9.17, 15) is 4.79 Å². The van der Waals surface area contributed by atoms with E-state index in [1.807, 2.05) is 25.3 Å². The molecule has 3 aromatic rings. The van der Waals surface area contributed by atoms with Crippen molar-refractivity contribution in [3.05, 3.63) is 77.0 Å². The molecular formula is C23H26N4O2. The van der Waals surface area contributed by atoms with Gasteiger partial charge in [0.05, 0.1) is 17.4 Å². The molecule has 2 aromatic carbocycles. The summed E-state index contributed by atoms with van der Waals surface area (Å²) >= 11 is 0. The zero-order valence-electron chi connectivity index (χ0n) is 16.9. The number of carbonyl (C=O) groups is 1. The molecule has 0 unspecified atom stereocenters. The molecule has 0 aliphatic heterocycles. The third-order valence-electron chi connectivity index (χ3n) is 4.50. The van der Waals surface area contributed by atoms with Crippen LogP contribution in [-0.4, -0.2) is 41.6 Å². The van der Waals surface area contributed by atoms with E-state index in [2.05, 4.69) is 59.6 Å². The molecule has 1 amide bonds. The Morgan fingerprint density at radius 3 is 2.59 bits per heavy atom. The van der Waals surface area contributed by atoms with Crippen LogP contribution in [0.5, 0.6) is 0 Å². The maximum absolute atomic E-state index is 11.4. The summed E-state index contributed by atoms with van der Waals surface area (Å²) in [6.07, 6.45) is 3.90. The quantitative estimate of drug-likeness (QED) is 0.421. The Balaban J connectivity index is 1.67. The monoisotopic (exact) mass is 390 g/mol. The Kier molecular flexibility index (Phi) is 6.59. The van der Waals surface area contributed by atoms with Crippen molar-refractivity contribution in [1.82, 2.24) is 15.4 Å². The van der Waals surface area contributed by atoms with E-state index in [0.29, 0.717) is 12.1 Å². The molecule has 0 atom stereocenters. The van der Waals surface area contributed by atoms with E-state index in [0.717, 1.165) is 34.3 Å². The maximum Gasteiger partial charge on any atom is 0.274 e. The number of amides is 1. The highest BCUT2D eigenvalue weighted by atomic mass is 16.5. The molecule has 1 aromatic heterocycles. The first-order chi connectivity index (χ1) is 13.9. The fourth-order valence-electron chi connectivity index (χ4n) is 3.11. The number of pyridine rings is 1. The van der Waals surface area contributed by atoms with E-state index in [1.165, 1.54) is 5.56 Å². The zero-order chi connectivity index (χ0) is 20.8. The van der Waals surface area contributed by atoms with Gasteiger partial charge >= 0.3 is 0 Å². The predicted octanol–water partition coefficient (Wildman–Crippen LogP) is 3.93. The minimum atomic E-state index is -0.517. The number of nitrogens with zero attached hydrogens (tertiary/aromatic N) is 2. The van der Waals surface area contributed by atoms with Crippen LogP contribution in [-0.2, 0) is 6.54 Å². The first-order valence-electron chi connectivity index (χ1n) is 9.43. The summed E-state index contributed by atoms with van der Waals surface area (Å²) in [7, 11) is 4.12. The van der Waals surface area contributed by atoms with Crippen LogP contribution in [0.3, 0.4) is 0 Å². The van der Waals surface area contributed by atoms with Gasteiger partial charge in [0, 0.05) is 24.0 Å². The molecule has 0 saturated carbocycles. The summed E-state index contributed by atoms with van der Waals surface area (Å²) in [6.45, 7) is 3.63. The topological polar surface area (TPSA) is 77.5 Å². The van der Waals surface area contributed by atoms with Crippen molar-refractivity contribution < 1.29 is 10.0 Å². The Morgan fingerprint density at radius 1 is 1.14 bits per heavy atom. The predicted molar refractivity (Wildman–Crippen MR) is 117 cm³/mol. The minimum absolute atomic E-state index is 0.413. The molecule has 0 radical (unpaired) electrons. The van der Waals surface area contributed by atoms with E-state index in [-0.39, 0.29) is 0 Å². The molecule has 0 bridgehead atoms. The third kappa shape index (κ3) is 5.63. The Hall–Kier alpha value is -3.22. The molecule has 0 aliphatic carbocycles. The van der Waals surface area contributed by atoms with Crippen LogP contribution in [0.25, 0.3) is 17.0 Å². The van der Waals surface area contributed by atoms with Gasteiger partial charge in [0.2, 0.25) is 0 Å². The molecule has 3 rings (SSSR count). The number of hydrogen-bond acceptors (Lipinski definition) is 5. The number of rotatable bonds is 7. The Labute approximate surface area is 170 Å². The Morgan fingerprint density at radius 2 is 1.90 bits per heavy atom. The Bertz CT molecular complexity index is 1030. The molecular weight excluding hydrogens is 364 g/mol. The molecule has 150 valence electrons. The van der Waals surface area contributed by atoms with E-state index in [1.54, 1.807) is 17.6 Å². The van der Waals surface area contributed by atoms with Crippen LogP contribution in [0.1, 0.15) is 28.4 Å². The van der Waals surface area contributed by atoms with Gasteiger partial charge in [0.15, 0.2) is 0 Å². The van der Waals surface area contributed by atoms with Crippen LogP contribution >= 0.6 is 0 Å². The molecule has 6 nitrogen and oxygen atoms in total. The summed E-state index contributed by atoms with van der Waals surface area (Å²) in [4.78, 5) is 18.1. The fraction of sp³-hybridized carbons (Fsp3) is 0.217. The van der Waals surface area contributed by atoms with Crippen molar-refractivity contribution in [2.75, 3.05) is 26.0 Å². The molecule has 0 spiro atoms. The maximum atomic E-state index is 11.4. The van der Waals surface area contributed by atoms with Crippen LogP contribution in [0.4, 0.5) is 5.69 Å². The second kappa shape index (κ2) is 9.32. The smallest absolute Gasteiger partial charge is 0.274 e. The molecule has 3 N–H and O–H groups in total. The van der Waals surface area contributed by atoms with Gasteiger partial charge in [-0.25, -0.2) is 5.48 Å². The number of anilines is 1. The molecule has 6 heteroatoms. The summed E-state index contributed by atoms with van der Waals surface area (Å²) in [6, 6.07) is 15.5. The van der Waals surface area contributed by atoms with Crippen molar-refractivity contribution in [1.29, 1.82) is 0 Å². The largest absolute Gasteiger partial charge is 0.380 e. The van der Waals surface area contributed by atoms with Crippen molar-refractivity contribution in [3.63, 3.8) is 0 Å². The summed E-state index contributed by atoms with van der Waals surface area (Å²) in [5.41, 5.74) is 7.40. The number of fused-ring (bicyclic) bond motifs is 1. The number of carbonyl (C=O) groups excluding carboxylic acids is 1. The van der Waals surface area contributed by atoms with Gasteiger partial charge in [-0.2, -0.15) is 0 Å². The second-order valence-electron chi connectivity index (χ2n) is 7.40. The van der Waals surface area contributed by atoms with E-state index < -0.39 is 5.91 Å². The lowest BCUT2D eigenvalue weighted by atomic mass is 10.1. The lowest BCUT2D eigenvalue weighted by molar-refractivity contribution is 0.0706. The standard InChI is InChI=1S/C23H26N4O2/c1-16(10-17-4-7-19(8-5-17)23(28)26-29)13-24-21-12-20-11-18(15-27(2)3)6-9-22(20)25-14-21/h4-12,14,24,29H,13,15H2,1-3H3,(H,26,28). The van der Waals surface area contributed by atoms with Crippen LogP contribution in [0, 0.1) is 0 Å². The lowest BCUT2D eigenvalue weighted by Gasteiger charge is -2.11. The van der Waals surface area contributed by atoms with Crippen LogP contribution in [0.2, 0.25) is 0 Å². The highest BCUT2D eigenvalue weighted by Crippen LogP contribution is 2.19. The van der Waals surface area contributed by atoms with Gasteiger partial charge < -0.3 is 10.2 Å². The fourth-order valence-corrected chi connectivity index (χ4v) is 3.11. The number of benzene rings is 2. The van der Waals surface area contributed by atoms with E-state index in [4.69, 9.17) is 5.21 Å². The van der Waals surface area contributed by atoms with Crippen molar-refractivity contribution in [3.8, 4) is 0 Å². The number of hydroxylamine groups is 1. The molecule has 29 heavy (non-hydrogen) atoms. The summed E-state index contributed by atoms with van der Waals surface area (Å²) < 4.78 is 0. The first-order valence-corrected chi connectivity index (χ1v) is 9.43. The average molecular weight is 390 g/mol. The third-order valence-corrected chi connectivity index (χ3v) is 4.50. The molecule has 0 aliphatic rings. The van der Waals surface area contributed by atoms with E-state index >= 15 is 0 Å². The van der Waals surface area contributed by atoms with Gasteiger partial charge in [-0.1, -0.05) is 29.8 Å². The number of hydrogen-bond donors (Lipinski definition) is 3. The van der Waals surface area contributed by atoms with Gasteiger partial charge in [-0.15, -0.1) is 0 Å². The number of nitrogens with one attached hydrogen (secondary N) is 2. The second-order valence-corrected chi connectivity index (χ2v) is 7.40. The molecule has 0 saturated heterocycles. The highest BCUT2D eigenvalue weighted by Gasteiger charge is 2.04. The molecule has 0 fully saturated rings. The average Bonchev–Trinajstić information content (AvgIpc) is 2.71. The summed E-state index contributed by atoms with van der Waals surface area (Å²) in [5, 5.41) is 13.2. The van der Waals surface area contributed by atoms with Gasteiger partial charge in [-0.3, -0.25) is 15.0 Å². The molecule has 1 heterocycles. The minimum Gasteiger partial charge on any atom is -0.380 e. The van der Waals surface area contributed by atoms with Crippen LogP contribution < -0.4 is 10.8 Å². The van der Waals surface area contributed by atoms with Gasteiger partial charge in [-0.05, 0) is 62.5 Å². The van der Waals surface area contributed by atoms with Crippen molar-refractivity contribution in [2.45, 2.75) is 13.5 Å². The SMILES string of the molecule is CC(=Cc1ccc(C(=O)NO)cc1)CNc1cnc2ccc(CN(C)C)cc2c1. The summed E-state index contributed by atoms with van der Waals surface area (Å²) in [5.74, 6) is -0.517. The highest BCUT2D eigenvalue weighted by molar-refractivity contribution is 5.93. The lowest BCUT2D eigenvalue weighted by Crippen LogP contribution is -2.18. The normalized spacial score (nSPS) is 11.7. The number of aromatic nitrogens is 1. The van der Waals surface area contributed by atoms with Crippen LogP contribution in [0.15, 0.2) is 60.3 Å². The first kappa shape index (κ1) is 20.5. The van der Waals surface area contributed by atoms with Gasteiger partial charge in [0.1, 0.15) is 0 Å².